The van der Waals surface area contributed by atoms with E-state index in [9.17, 15) is 48.3 Å². The summed E-state index contributed by atoms with van der Waals surface area (Å²) in [4.78, 5) is 0. The molecule has 0 spiro atoms. The SMILES string of the molecule is C=CC12CCC(CC1C(OC(C)OCCCC)(C(F)(F)F)C(F)(F)C(F)(F)F)C2.C=CC1CCCC1(C)OC1CCCCO1.CCCCOC(C)OC(C1CC2CCC1(C(C)(C)CC(C)(CC)C1CCCC1(C)OC1CCCCO1)C2)(C(F)(F)F)C(F)(F)C(F)(F)F. The molecule has 2 aliphatic heterocycles. The first-order valence-corrected chi connectivity index (χ1v) is 33.9. The molecule has 2 heterocycles. The highest BCUT2D eigenvalue weighted by molar-refractivity contribution is 5.23. The molecular weight excluding hydrogens is 1250 g/mol. The predicted molar refractivity (Wildman–Crippen MR) is 316 cm³/mol. The van der Waals surface area contributed by atoms with Gasteiger partial charge < -0.3 is 37.9 Å². The number of unbranched alkanes of at least 4 members (excludes halogenated alkanes) is 2. The van der Waals surface area contributed by atoms with E-state index in [1.54, 1.807) is 27.7 Å². The second-order valence-corrected chi connectivity index (χ2v) is 29.5. The average Bonchev–Trinajstić information content (AvgIpc) is 1.36. The molecule has 92 heavy (non-hydrogen) atoms. The lowest BCUT2D eigenvalue weighted by Gasteiger charge is -2.59. The zero-order chi connectivity index (χ0) is 69.1. The van der Waals surface area contributed by atoms with Crippen LogP contribution in [0.2, 0.25) is 0 Å². The summed E-state index contributed by atoms with van der Waals surface area (Å²) in [5.74, 6) is -17.0. The number of alkyl halides is 16. The molecule has 0 aromatic carbocycles. The normalized spacial score (nSPS) is 34.8. The van der Waals surface area contributed by atoms with E-state index in [4.69, 9.17) is 33.2 Å². The molecule has 2 saturated heterocycles. The van der Waals surface area contributed by atoms with Crippen LogP contribution in [0.25, 0.3) is 0 Å². The average molecular weight is 1360 g/mol. The highest BCUT2D eigenvalue weighted by Crippen LogP contribution is 2.75. The first-order chi connectivity index (χ1) is 42.5. The standard InChI is InChI=1S/C36H58F8O4.C19H26F8O2.C13H22O2/c1-8-10-19-45-24(3)47-33(35(39,40)41,34(37,38)36(42,43)44)27-21-25-16-18-32(27,22-25)29(4,5)23-30(6,9-2)26-14-13-17-31(26,7)48-28-15-11-12-20-46-28;1-4-6-9-28-12(3)29-16(18(22,23)24,17(20,21)19(25,26)27)14-10-13-7-8-15(14,5-2)11-13;1-3-11-7-6-9-13(11,2)15-12-8-4-5-10-14-12/h24-28H,8-23H2,1-7H3;5,12-14H,2,4,6-11H2,1,3H3;3,11-12H,1,4-10H2,2H3. The van der Waals surface area contributed by atoms with Crippen LogP contribution in [0.15, 0.2) is 25.3 Å². The monoisotopic (exact) mass is 1350 g/mol. The first kappa shape index (κ1) is 79.0. The Morgan fingerprint density at radius 3 is 1.40 bits per heavy atom. The van der Waals surface area contributed by atoms with Gasteiger partial charge in [-0.25, -0.2) is 0 Å². The summed E-state index contributed by atoms with van der Waals surface area (Å²) in [6.07, 6.45) is -10.4. The van der Waals surface area contributed by atoms with Crippen LogP contribution in [-0.4, -0.2) is 111 Å². The third kappa shape index (κ3) is 15.6. The maximum absolute atomic E-state index is 15.9. The molecule has 8 nitrogen and oxygen atoms in total. The quantitative estimate of drug-likeness (QED) is 0.0349. The summed E-state index contributed by atoms with van der Waals surface area (Å²) in [5.41, 5.74) is -14.8. The van der Waals surface area contributed by atoms with Crippen LogP contribution in [-0.2, 0) is 37.9 Å². The minimum absolute atomic E-state index is 0.0134. The fourth-order valence-electron chi connectivity index (χ4n) is 18.5. The van der Waals surface area contributed by atoms with Gasteiger partial charge in [0.25, 0.3) is 0 Å². The molecule has 0 aromatic rings. The van der Waals surface area contributed by atoms with E-state index in [-0.39, 0.29) is 68.9 Å². The summed E-state index contributed by atoms with van der Waals surface area (Å²) in [5, 5.41) is 0. The first-order valence-electron chi connectivity index (χ1n) is 33.9. The lowest BCUT2D eigenvalue weighted by Crippen LogP contribution is -2.73. The smallest absolute Gasteiger partial charge is 0.353 e. The Morgan fingerprint density at radius 2 is 0.978 bits per heavy atom. The van der Waals surface area contributed by atoms with E-state index in [1.807, 2.05) is 6.92 Å². The van der Waals surface area contributed by atoms with Crippen LogP contribution >= 0.6 is 0 Å². The molecule has 0 aromatic heterocycles. The zero-order valence-electron chi connectivity index (χ0n) is 55.9. The number of hydrogen-bond donors (Lipinski definition) is 0. The molecule has 6 aliphatic carbocycles. The maximum Gasteiger partial charge on any atom is 0.456 e. The van der Waals surface area contributed by atoms with E-state index >= 15 is 22.0 Å². The Morgan fingerprint density at radius 1 is 0.522 bits per heavy atom. The summed E-state index contributed by atoms with van der Waals surface area (Å²) in [6.45, 7) is 26.0. The molecule has 8 fully saturated rings. The number of halogens is 16. The van der Waals surface area contributed by atoms with Crippen molar-refractivity contribution in [2.45, 2.75) is 320 Å². The fourth-order valence-corrected chi connectivity index (χ4v) is 18.5. The van der Waals surface area contributed by atoms with Gasteiger partial charge in [-0.15, -0.1) is 13.2 Å². The van der Waals surface area contributed by atoms with Gasteiger partial charge in [-0.05, 0) is 208 Å². The van der Waals surface area contributed by atoms with E-state index in [1.165, 1.54) is 25.7 Å². The van der Waals surface area contributed by atoms with Crippen molar-refractivity contribution in [2.24, 2.45) is 57.2 Å². The Hall–Kier alpha value is -1.96. The van der Waals surface area contributed by atoms with Gasteiger partial charge in [-0.3, -0.25) is 0 Å². The number of rotatable bonds is 27. The number of allylic oxidation sites excluding steroid dienone is 1. The topological polar surface area (TPSA) is 73.8 Å². The zero-order valence-corrected chi connectivity index (χ0v) is 55.9. The molecule has 6 saturated carbocycles. The lowest BCUT2D eigenvalue weighted by molar-refractivity contribution is -0.451. The summed E-state index contributed by atoms with van der Waals surface area (Å²) >= 11 is 0. The molecule has 17 atom stereocenters. The van der Waals surface area contributed by atoms with Crippen molar-refractivity contribution < 1.29 is 108 Å². The summed E-state index contributed by atoms with van der Waals surface area (Å²) in [7, 11) is 0. The lowest BCUT2D eigenvalue weighted by atomic mass is 9.49. The van der Waals surface area contributed by atoms with Crippen LogP contribution in [0, 0.1) is 57.2 Å². The molecule has 0 amide bonds. The maximum atomic E-state index is 15.9. The van der Waals surface area contributed by atoms with Crippen LogP contribution in [0.1, 0.15) is 236 Å². The Labute approximate surface area is 535 Å². The molecule has 8 rings (SSSR count). The molecule has 17 unspecified atom stereocenters. The molecule has 0 radical (unpaired) electrons. The third-order valence-corrected chi connectivity index (χ3v) is 23.2. The molecule has 538 valence electrons. The van der Waals surface area contributed by atoms with Crippen molar-refractivity contribution in [2.75, 3.05) is 26.4 Å². The van der Waals surface area contributed by atoms with Gasteiger partial charge in [0.1, 0.15) is 0 Å². The van der Waals surface area contributed by atoms with E-state index in [0.717, 1.165) is 77.9 Å². The van der Waals surface area contributed by atoms with Crippen LogP contribution in [0.5, 0.6) is 0 Å². The summed E-state index contributed by atoms with van der Waals surface area (Å²) in [6, 6.07) is 0. The second-order valence-electron chi connectivity index (χ2n) is 29.5. The Bertz CT molecular complexity index is 2340. The van der Waals surface area contributed by atoms with Crippen molar-refractivity contribution in [3.8, 4) is 0 Å². The molecular formula is C68H106F16O8. The molecule has 24 heteroatoms. The second kappa shape index (κ2) is 29.9. The van der Waals surface area contributed by atoms with E-state index in [0.29, 0.717) is 63.9 Å². The Kier molecular flexibility index (Phi) is 25.6. The van der Waals surface area contributed by atoms with Crippen LogP contribution < -0.4 is 0 Å². The molecule has 8 aliphatic rings. The highest BCUT2D eigenvalue weighted by Gasteiger charge is 2.88. The van der Waals surface area contributed by atoms with Crippen molar-refractivity contribution in [3.05, 3.63) is 25.3 Å². The molecule has 4 bridgehead atoms. The van der Waals surface area contributed by atoms with Crippen molar-refractivity contribution in [1.82, 2.24) is 0 Å². The number of ether oxygens (including phenoxy) is 8. The predicted octanol–water partition coefficient (Wildman–Crippen LogP) is 21.3. The van der Waals surface area contributed by atoms with Gasteiger partial charge in [0.15, 0.2) is 25.2 Å². The third-order valence-electron chi connectivity index (χ3n) is 23.2. The minimum Gasteiger partial charge on any atom is -0.353 e. The van der Waals surface area contributed by atoms with Crippen LogP contribution in [0.4, 0.5) is 70.2 Å². The highest BCUT2D eigenvalue weighted by atomic mass is 19.4. The van der Waals surface area contributed by atoms with Gasteiger partial charge in [-0.2, -0.15) is 70.2 Å². The van der Waals surface area contributed by atoms with Gasteiger partial charge in [0.05, 0.1) is 11.2 Å². The van der Waals surface area contributed by atoms with Gasteiger partial charge in [-0.1, -0.05) is 79.4 Å². The number of hydrogen-bond acceptors (Lipinski definition) is 8. The van der Waals surface area contributed by atoms with Crippen molar-refractivity contribution in [1.29, 1.82) is 0 Å². The number of fused-ring (bicyclic) bond motifs is 4. The molecule has 0 N–H and O–H groups in total. The Balaban J connectivity index is 0.000000255. The van der Waals surface area contributed by atoms with Crippen molar-refractivity contribution >= 4 is 0 Å². The van der Waals surface area contributed by atoms with E-state index < -0.39 is 118 Å². The minimum atomic E-state index is -6.51. The van der Waals surface area contributed by atoms with Crippen LogP contribution in [0.3, 0.4) is 0 Å². The van der Waals surface area contributed by atoms with Crippen molar-refractivity contribution in [3.63, 3.8) is 0 Å². The van der Waals surface area contributed by atoms with Gasteiger partial charge >= 0.3 is 36.6 Å². The van der Waals surface area contributed by atoms with E-state index in [2.05, 4.69) is 44.7 Å². The fraction of sp³-hybridized carbons (Fsp3) is 0.941. The summed E-state index contributed by atoms with van der Waals surface area (Å²) < 4.78 is 278. The van der Waals surface area contributed by atoms with Gasteiger partial charge in [0.2, 0.25) is 11.2 Å². The van der Waals surface area contributed by atoms with Gasteiger partial charge in [0, 0.05) is 44.2 Å². The largest absolute Gasteiger partial charge is 0.456 e.